The number of ether oxygens (including phenoxy) is 1. The molecule has 0 unspecified atom stereocenters. The van der Waals surface area contributed by atoms with Gasteiger partial charge in [-0.15, -0.1) is 0 Å². The summed E-state index contributed by atoms with van der Waals surface area (Å²) < 4.78 is 7.01. The average molecular weight is 262 g/mol. The molecule has 0 saturated heterocycles. The van der Waals surface area contributed by atoms with Crippen LogP contribution in [-0.2, 0) is 13.1 Å². The van der Waals surface area contributed by atoms with Gasteiger partial charge in [0.05, 0.1) is 30.6 Å². The maximum Gasteiger partial charge on any atom is 0.270 e. The summed E-state index contributed by atoms with van der Waals surface area (Å²) in [6.07, 6.45) is 3.44. The highest BCUT2D eigenvalue weighted by Gasteiger charge is 2.11. The molecule has 2 aromatic rings. The Bertz CT molecular complexity index is 594. The highest BCUT2D eigenvalue weighted by atomic mass is 16.6. The van der Waals surface area contributed by atoms with E-state index < -0.39 is 4.92 Å². The third-order valence-electron chi connectivity index (χ3n) is 2.72. The first-order valence-corrected chi connectivity index (χ1v) is 5.66. The number of rotatable bonds is 5. The van der Waals surface area contributed by atoms with E-state index in [1.54, 1.807) is 18.6 Å². The maximum absolute atomic E-state index is 10.8. The Morgan fingerprint density at radius 3 is 2.89 bits per heavy atom. The molecular weight excluding hydrogens is 248 g/mol. The van der Waals surface area contributed by atoms with E-state index in [0.717, 1.165) is 11.3 Å². The first-order valence-electron chi connectivity index (χ1n) is 5.66. The van der Waals surface area contributed by atoms with E-state index in [1.165, 1.54) is 19.2 Å². The Hall–Kier alpha value is -2.41. The Morgan fingerprint density at radius 1 is 1.53 bits per heavy atom. The molecule has 1 aromatic carbocycles. The lowest BCUT2D eigenvalue weighted by molar-refractivity contribution is -0.384. The van der Waals surface area contributed by atoms with Gasteiger partial charge >= 0.3 is 0 Å². The molecule has 0 spiro atoms. The topological polar surface area (TPSA) is 96.2 Å². The Kier molecular flexibility index (Phi) is 3.76. The zero-order chi connectivity index (χ0) is 13.8. The molecule has 0 saturated carbocycles. The predicted molar refractivity (Wildman–Crippen MR) is 68.9 cm³/mol. The number of non-ortho nitro benzene ring substituents is 1. The van der Waals surface area contributed by atoms with Crippen LogP contribution in [0.2, 0.25) is 0 Å². The second-order valence-corrected chi connectivity index (χ2v) is 3.99. The minimum Gasteiger partial charge on any atom is -0.496 e. The minimum atomic E-state index is -0.428. The van der Waals surface area contributed by atoms with Crippen LogP contribution in [0.4, 0.5) is 5.69 Å². The van der Waals surface area contributed by atoms with Crippen molar-refractivity contribution in [2.45, 2.75) is 13.1 Å². The molecule has 0 radical (unpaired) electrons. The van der Waals surface area contributed by atoms with Crippen LogP contribution in [0.15, 0.2) is 30.7 Å². The molecule has 1 aromatic heterocycles. The molecular formula is C12H14N4O3. The van der Waals surface area contributed by atoms with Crippen molar-refractivity contribution >= 4 is 5.69 Å². The molecule has 2 rings (SSSR count). The van der Waals surface area contributed by atoms with E-state index in [4.69, 9.17) is 10.5 Å². The number of nitro benzene ring substituents is 1. The number of imidazole rings is 1. The molecule has 2 N–H and O–H groups in total. The summed E-state index contributed by atoms with van der Waals surface area (Å²) in [5.74, 6) is 0.605. The Labute approximate surface area is 109 Å². The number of aromatic nitrogens is 2. The Morgan fingerprint density at radius 2 is 2.32 bits per heavy atom. The van der Waals surface area contributed by atoms with Gasteiger partial charge in [0, 0.05) is 30.4 Å². The monoisotopic (exact) mass is 262 g/mol. The van der Waals surface area contributed by atoms with E-state index in [0.29, 0.717) is 18.8 Å². The van der Waals surface area contributed by atoms with Crippen molar-refractivity contribution in [1.29, 1.82) is 0 Å². The van der Waals surface area contributed by atoms with Crippen molar-refractivity contribution in [3.8, 4) is 5.75 Å². The number of hydrogen-bond donors (Lipinski definition) is 1. The summed E-state index contributed by atoms with van der Waals surface area (Å²) in [6.45, 7) is 0.803. The van der Waals surface area contributed by atoms with Gasteiger partial charge in [-0.05, 0) is 6.07 Å². The fourth-order valence-corrected chi connectivity index (χ4v) is 1.80. The number of nitrogens with two attached hydrogens (primary N) is 1. The van der Waals surface area contributed by atoms with Gasteiger partial charge in [-0.1, -0.05) is 0 Å². The molecule has 0 bridgehead atoms. The molecule has 1 heterocycles. The third-order valence-corrected chi connectivity index (χ3v) is 2.72. The lowest BCUT2D eigenvalue weighted by atomic mass is 10.1. The standard InChI is InChI=1S/C12H14N4O3/c1-19-12-3-2-11(16(17)18)4-9(12)6-15-7-10(5-13)14-8-15/h2-4,7-8H,5-6,13H2,1H3. The highest BCUT2D eigenvalue weighted by Crippen LogP contribution is 2.24. The molecule has 19 heavy (non-hydrogen) atoms. The van der Waals surface area contributed by atoms with Crippen molar-refractivity contribution in [3.05, 3.63) is 52.1 Å². The van der Waals surface area contributed by atoms with Gasteiger partial charge in [0.25, 0.3) is 5.69 Å². The van der Waals surface area contributed by atoms with Crippen LogP contribution in [0.3, 0.4) is 0 Å². The number of nitrogens with zero attached hydrogens (tertiary/aromatic N) is 3. The van der Waals surface area contributed by atoms with Crippen molar-refractivity contribution in [2.75, 3.05) is 7.11 Å². The smallest absolute Gasteiger partial charge is 0.270 e. The number of methoxy groups -OCH3 is 1. The second kappa shape index (κ2) is 5.49. The van der Waals surface area contributed by atoms with Gasteiger partial charge in [-0.3, -0.25) is 10.1 Å². The summed E-state index contributed by atoms with van der Waals surface area (Å²) in [7, 11) is 1.53. The van der Waals surface area contributed by atoms with Crippen molar-refractivity contribution in [1.82, 2.24) is 9.55 Å². The maximum atomic E-state index is 10.8. The first-order chi connectivity index (χ1) is 9.13. The van der Waals surface area contributed by atoms with Crippen LogP contribution < -0.4 is 10.5 Å². The molecule has 0 fully saturated rings. The summed E-state index contributed by atoms with van der Waals surface area (Å²) in [5.41, 5.74) is 7.01. The van der Waals surface area contributed by atoms with Gasteiger partial charge < -0.3 is 15.0 Å². The number of nitro groups is 1. The first kappa shape index (κ1) is 13.0. The lowest BCUT2D eigenvalue weighted by Gasteiger charge is -2.08. The van der Waals surface area contributed by atoms with Crippen LogP contribution in [0.25, 0.3) is 0 Å². The zero-order valence-electron chi connectivity index (χ0n) is 10.4. The van der Waals surface area contributed by atoms with E-state index in [1.807, 2.05) is 4.57 Å². The summed E-state index contributed by atoms with van der Waals surface area (Å²) in [4.78, 5) is 14.5. The second-order valence-electron chi connectivity index (χ2n) is 3.99. The quantitative estimate of drug-likeness (QED) is 0.647. The third kappa shape index (κ3) is 2.89. The molecule has 100 valence electrons. The number of hydrogen-bond acceptors (Lipinski definition) is 5. The van der Waals surface area contributed by atoms with E-state index in [-0.39, 0.29) is 5.69 Å². The molecule has 7 heteroatoms. The lowest BCUT2D eigenvalue weighted by Crippen LogP contribution is -2.01. The van der Waals surface area contributed by atoms with Crippen LogP contribution in [-0.4, -0.2) is 21.6 Å². The van der Waals surface area contributed by atoms with E-state index in [9.17, 15) is 10.1 Å². The molecule has 7 nitrogen and oxygen atoms in total. The van der Waals surface area contributed by atoms with E-state index >= 15 is 0 Å². The van der Waals surface area contributed by atoms with Crippen molar-refractivity contribution in [3.63, 3.8) is 0 Å². The molecule has 0 atom stereocenters. The highest BCUT2D eigenvalue weighted by molar-refractivity contribution is 5.43. The Balaban J connectivity index is 2.31. The van der Waals surface area contributed by atoms with Crippen molar-refractivity contribution < 1.29 is 9.66 Å². The fraction of sp³-hybridized carbons (Fsp3) is 0.250. The normalized spacial score (nSPS) is 10.4. The zero-order valence-corrected chi connectivity index (χ0v) is 10.4. The van der Waals surface area contributed by atoms with Crippen LogP contribution in [0.5, 0.6) is 5.75 Å². The van der Waals surface area contributed by atoms with Crippen molar-refractivity contribution in [2.24, 2.45) is 5.73 Å². The van der Waals surface area contributed by atoms with Gasteiger partial charge in [-0.2, -0.15) is 0 Å². The number of benzene rings is 1. The summed E-state index contributed by atoms with van der Waals surface area (Å²) >= 11 is 0. The minimum absolute atomic E-state index is 0.0370. The fourth-order valence-electron chi connectivity index (χ4n) is 1.80. The SMILES string of the molecule is COc1ccc([N+](=O)[O-])cc1Cn1cnc(CN)c1. The average Bonchev–Trinajstić information content (AvgIpc) is 2.86. The molecule has 0 aliphatic heterocycles. The van der Waals surface area contributed by atoms with E-state index in [2.05, 4.69) is 4.98 Å². The van der Waals surface area contributed by atoms with Crippen LogP contribution in [0.1, 0.15) is 11.3 Å². The van der Waals surface area contributed by atoms with Gasteiger partial charge in [0.2, 0.25) is 0 Å². The molecule has 0 amide bonds. The predicted octanol–water partition coefficient (Wildman–Crippen LogP) is 1.31. The summed E-state index contributed by atoms with van der Waals surface area (Å²) in [5, 5.41) is 10.8. The van der Waals surface area contributed by atoms with Gasteiger partial charge in [0.15, 0.2) is 0 Å². The van der Waals surface area contributed by atoms with Gasteiger partial charge in [0.1, 0.15) is 5.75 Å². The summed E-state index contributed by atoms with van der Waals surface area (Å²) in [6, 6.07) is 4.51. The largest absolute Gasteiger partial charge is 0.496 e. The molecule has 0 aliphatic carbocycles. The van der Waals surface area contributed by atoms with Crippen LogP contribution >= 0.6 is 0 Å². The molecule has 0 aliphatic rings. The van der Waals surface area contributed by atoms with Gasteiger partial charge in [-0.25, -0.2) is 4.98 Å². The van der Waals surface area contributed by atoms with Crippen LogP contribution in [0, 0.1) is 10.1 Å².